The normalized spacial score (nSPS) is 13.2. The summed E-state index contributed by atoms with van der Waals surface area (Å²) in [4.78, 5) is 0.986. The fourth-order valence-corrected chi connectivity index (χ4v) is 6.57. The lowest BCUT2D eigenvalue weighted by Gasteiger charge is -2.19. The number of nitrogens with two attached hydrogens (primary N) is 1. The maximum Gasteiger partial charge on any atom is 0.0572 e. The standard InChI is InChI=1S/C39H35N3S/c1-26-17-19-28(20-18-26)39(40)34-13-2-5-14-35(34)41-25-27-9-8-10-30(23-27)42-36-15-6-3-12-32(36)33-22-21-29(24-37(33)42)31-11-4-7-16-38(31)43/h2-5,7-14,16-24,39,41,43H,6,15,25,40H2,1H3. The Morgan fingerprint density at radius 1 is 0.860 bits per heavy atom. The van der Waals surface area contributed by atoms with E-state index in [0.29, 0.717) is 6.54 Å². The van der Waals surface area contributed by atoms with Gasteiger partial charge in [0.25, 0.3) is 0 Å². The molecule has 1 aromatic heterocycles. The zero-order valence-electron chi connectivity index (χ0n) is 24.3. The van der Waals surface area contributed by atoms with E-state index >= 15 is 0 Å². The second-order valence-electron chi connectivity index (χ2n) is 11.4. The van der Waals surface area contributed by atoms with E-state index in [1.807, 2.05) is 6.07 Å². The summed E-state index contributed by atoms with van der Waals surface area (Å²) in [5.74, 6) is 0. The molecule has 5 aromatic carbocycles. The zero-order valence-corrected chi connectivity index (χ0v) is 25.2. The Kier molecular flexibility index (Phi) is 7.40. The number of aryl methyl sites for hydroxylation is 1. The first-order chi connectivity index (χ1) is 21.1. The number of thiol groups is 1. The van der Waals surface area contributed by atoms with Crippen molar-refractivity contribution in [3.63, 3.8) is 0 Å². The van der Waals surface area contributed by atoms with Gasteiger partial charge in [0.15, 0.2) is 0 Å². The van der Waals surface area contributed by atoms with E-state index in [1.54, 1.807) is 0 Å². The van der Waals surface area contributed by atoms with Gasteiger partial charge in [-0.3, -0.25) is 0 Å². The van der Waals surface area contributed by atoms with Crippen LogP contribution in [0.15, 0.2) is 126 Å². The van der Waals surface area contributed by atoms with E-state index in [-0.39, 0.29) is 6.04 Å². The lowest BCUT2D eigenvalue weighted by atomic mass is 9.97. The highest BCUT2D eigenvalue weighted by Gasteiger charge is 2.20. The van der Waals surface area contributed by atoms with Gasteiger partial charge in [-0.1, -0.05) is 103 Å². The third-order valence-electron chi connectivity index (χ3n) is 8.54. The average Bonchev–Trinajstić information content (AvgIpc) is 3.38. The third-order valence-corrected chi connectivity index (χ3v) is 8.93. The number of nitrogens with zero attached hydrogens (tertiary/aromatic N) is 1. The van der Waals surface area contributed by atoms with E-state index in [4.69, 9.17) is 18.4 Å². The molecule has 3 nitrogen and oxygen atoms in total. The van der Waals surface area contributed by atoms with Crippen molar-refractivity contribution >= 4 is 35.3 Å². The van der Waals surface area contributed by atoms with Gasteiger partial charge in [-0.25, -0.2) is 0 Å². The average molecular weight is 578 g/mol. The minimum atomic E-state index is -0.196. The molecule has 212 valence electrons. The van der Waals surface area contributed by atoms with Gasteiger partial charge in [-0.2, -0.15) is 0 Å². The maximum atomic E-state index is 6.75. The molecule has 1 heterocycles. The van der Waals surface area contributed by atoms with Crippen LogP contribution in [0.4, 0.5) is 5.69 Å². The van der Waals surface area contributed by atoms with Crippen LogP contribution in [0.3, 0.4) is 0 Å². The first-order valence-electron chi connectivity index (χ1n) is 14.9. The number of benzene rings is 5. The van der Waals surface area contributed by atoms with Gasteiger partial charge in [-0.05, 0) is 77.9 Å². The number of rotatable bonds is 7. The Balaban J connectivity index is 1.23. The molecule has 1 aliphatic carbocycles. The quantitative estimate of drug-likeness (QED) is 0.165. The molecule has 0 saturated carbocycles. The van der Waals surface area contributed by atoms with Crippen LogP contribution in [0.2, 0.25) is 0 Å². The molecule has 0 bridgehead atoms. The summed E-state index contributed by atoms with van der Waals surface area (Å²) in [5, 5.41) is 4.98. The van der Waals surface area contributed by atoms with Crippen molar-refractivity contribution in [1.82, 2.24) is 4.57 Å². The second-order valence-corrected chi connectivity index (χ2v) is 11.9. The number of nitrogens with one attached hydrogen (secondary N) is 1. The molecule has 4 heteroatoms. The summed E-state index contributed by atoms with van der Waals surface area (Å²) in [6, 6.07) is 40.7. The lowest BCUT2D eigenvalue weighted by molar-refractivity contribution is 0.869. The molecule has 0 saturated heterocycles. The van der Waals surface area contributed by atoms with Crippen LogP contribution < -0.4 is 11.1 Å². The summed E-state index contributed by atoms with van der Waals surface area (Å²) in [6.45, 7) is 2.80. The Hall–Kier alpha value is -4.51. The molecule has 3 N–H and O–H groups in total. The van der Waals surface area contributed by atoms with Crippen LogP contribution in [0.1, 0.15) is 46.0 Å². The Morgan fingerprint density at radius 3 is 2.53 bits per heavy atom. The van der Waals surface area contributed by atoms with Crippen LogP contribution in [-0.2, 0) is 13.0 Å². The fraction of sp³-hybridized carbons (Fsp3) is 0.128. The number of anilines is 1. The molecule has 1 unspecified atom stereocenters. The Morgan fingerprint density at radius 2 is 1.67 bits per heavy atom. The number of para-hydroxylation sites is 1. The lowest BCUT2D eigenvalue weighted by Crippen LogP contribution is -2.14. The van der Waals surface area contributed by atoms with Crippen molar-refractivity contribution in [3.05, 3.63) is 155 Å². The molecule has 1 aliphatic rings. The summed E-state index contributed by atoms with van der Waals surface area (Å²) in [6.07, 6.45) is 6.66. The molecular weight excluding hydrogens is 543 g/mol. The van der Waals surface area contributed by atoms with Gasteiger partial charge in [0.1, 0.15) is 0 Å². The van der Waals surface area contributed by atoms with Crippen molar-refractivity contribution in [2.75, 3.05) is 5.32 Å². The number of hydrogen-bond acceptors (Lipinski definition) is 3. The summed E-state index contributed by atoms with van der Waals surface area (Å²) in [7, 11) is 0. The van der Waals surface area contributed by atoms with Gasteiger partial charge in [0.2, 0.25) is 0 Å². The van der Waals surface area contributed by atoms with Crippen molar-refractivity contribution < 1.29 is 0 Å². The van der Waals surface area contributed by atoms with Crippen LogP contribution in [0.25, 0.3) is 33.8 Å². The van der Waals surface area contributed by atoms with E-state index in [1.165, 1.54) is 44.5 Å². The molecule has 0 spiro atoms. The third kappa shape index (κ3) is 5.29. The van der Waals surface area contributed by atoms with Gasteiger partial charge < -0.3 is 15.6 Å². The predicted octanol–water partition coefficient (Wildman–Crippen LogP) is 9.51. The SMILES string of the molecule is Cc1ccc(C(N)c2ccccc2NCc2cccc(-n3c4c(c5ccc(-c6ccccc6S)cc53)C=CCC4)c2)cc1. The molecule has 0 fully saturated rings. The molecule has 0 aliphatic heterocycles. The van der Waals surface area contributed by atoms with Crippen LogP contribution >= 0.6 is 12.6 Å². The maximum absolute atomic E-state index is 6.75. The van der Waals surface area contributed by atoms with Gasteiger partial charge >= 0.3 is 0 Å². The topological polar surface area (TPSA) is 43.0 Å². The number of hydrogen-bond donors (Lipinski definition) is 3. The summed E-state index contributed by atoms with van der Waals surface area (Å²) >= 11 is 4.75. The highest BCUT2D eigenvalue weighted by Crippen LogP contribution is 2.37. The fourth-order valence-electron chi connectivity index (χ4n) is 6.28. The molecule has 6 aromatic rings. The number of aromatic nitrogens is 1. The minimum Gasteiger partial charge on any atom is -0.381 e. The van der Waals surface area contributed by atoms with E-state index in [2.05, 4.69) is 138 Å². The Bertz CT molecular complexity index is 1970. The smallest absolute Gasteiger partial charge is 0.0572 e. The van der Waals surface area contributed by atoms with E-state index in [9.17, 15) is 0 Å². The molecule has 0 amide bonds. The monoisotopic (exact) mass is 577 g/mol. The van der Waals surface area contributed by atoms with E-state index < -0.39 is 0 Å². The second kappa shape index (κ2) is 11.6. The highest BCUT2D eigenvalue weighted by atomic mass is 32.1. The predicted molar refractivity (Wildman–Crippen MR) is 184 cm³/mol. The molecule has 0 radical (unpaired) electrons. The van der Waals surface area contributed by atoms with Crippen molar-refractivity contribution in [2.45, 2.75) is 37.2 Å². The van der Waals surface area contributed by atoms with Crippen molar-refractivity contribution in [3.8, 4) is 16.8 Å². The molecule has 43 heavy (non-hydrogen) atoms. The zero-order chi connectivity index (χ0) is 29.3. The highest BCUT2D eigenvalue weighted by molar-refractivity contribution is 7.80. The summed E-state index contributed by atoms with van der Waals surface area (Å²) < 4.78 is 2.46. The molecule has 7 rings (SSSR count). The van der Waals surface area contributed by atoms with Crippen LogP contribution in [-0.4, -0.2) is 4.57 Å². The van der Waals surface area contributed by atoms with Crippen LogP contribution in [0.5, 0.6) is 0 Å². The molecular formula is C39H35N3S. The van der Waals surface area contributed by atoms with Crippen molar-refractivity contribution in [2.24, 2.45) is 5.73 Å². The van der Waals surface area contributed by atoms with Crippen molar-refractivity contribution in [1.29, 1.82) is 0 Å². The van der Waals surface area contributed by atoms with E-state index in [0.717, 1.165) is 40.1 Å². The number of fused-ring (bicyclic) bond motifs is 3. The summed E-state index contributed by atoms with van der Waals surface area (Å²) in [5.41, 5.74) is 19.9. The minimum absolute atomic E-state index is 0.196. The van der Waals surface area contributed by atoms with Crippen LogP contribution in [0, 0.1) is 6.92 Å². The van der Waals surface area contributed by atoms with Gasteiger partial charge in [-0.15, -0.1) is 12.6 Å². The Labute approximate surface area is 259 Å². The van der Waals surface area contributed by atoms with Gasteiger partial charge in [0.05, 0.1) is 11.6 Å². The largest absolute Gasteiger partial charge is 0.381 e. The van der Waals surface area contributed by atoms with Gasteiger partial charge in [0, 0.05) is 39.5 Å². The molecule has 1 atom stereocenters. The first-order valence-corrected chi connectivity index (χ1v) is 15.4. The number of allylic oxidation sites excluding steroid dienone is 1. The first kappa shape index (κ1) is 27.3.